The zero-order valence-electron chi connectivity index (χ0n) is 23.7. The van der Waals surface area contributed by atoms with Crippen molar-refractivity contribution in [3.63, 3.8) is 0 Å². The van der Waals surface area contributed by atoms with Crippen LogP contribution in [-0.2, 0) is 20.4 Å². The predicted octanol–water partition coefficient (Wildman–Crippen LogP) is 8.01. The number of hydrogen-bond donors (Lipinski definition) is 0. The molecule has 2 atom stereocenters. The van der Waals surface area contributed by atoms with Crippen LogP contribution in [0.1, 0.15) is 65.0 Å². The van der Waals surface area contributed by atoms with Crippen molar-refractivity contribution in [2.75, 3.05) is 6.61 Å². The lowest BCUT2D eigenvalue weighted by Crippen LogP contribution is -2.46. The van der Waals surface area contributed by atoms with Gasteiger partial charge in [0, 0.05) is 5.92 Å². The van der Waals surface area contributed by atoms with E-state index in [1.807, 2.05) is 60.9 Å². The van der Waals surface area contributed by atoms with Crippen molar-refractivity contribution < 1.29 is 18.8 Å². The fourth-order valence-corrected chi connectivity index (χ4v) is 11.0. The molecule has 204 valence electrons. The van der Waals surface area contributed by atoms with Crippen LogP contribution in [0.15, 0.2) is 85.2 Å². The Kier molecular flexibility index (Phi) is 10.5. The van der Waals surface area contributed by atoms with Crippen LogP contribution in [0.4, 0.5) is 4.79 Å². The second kappa shape index (κ2) is 13.6. The molecule has 1 aliphatic rings. The molecule has 0 bridgehead atoms. The summed E-state index contributed by atoms with van der Waals surface area (Å²) >= 11 is 0. The zero-order valence-corrected chi connectivity index (χ0v) is 24.7. The van der Waals surface area contributed by atoms with Gasteiger partial charge in [-0.3, -0.25) is 4.79 Å². The zero-order chi connectivity index (χ0) is 27.7. The maximum Gasteiger partial charge on any atom is 0.417 e. The number of ether oxygens (including phenoxy) is 1. The van der Waals surface area contributed by atoms with Crippen LogP contribution in [0.5, 0.6) is 0 Å². The maximum absolute atomic E-state index is 13.0. The number of imide groups is 1. The topological polar surface area (TPSA) is 55.8 Å². The summed E-state index contributed by atoms with van der Waals surface area (Å²) in [5.74, 6) is -0.296. The minimum Gasteiger partial charge on any atom is -0.548 e. The molecule has 0 aliphatic carbocycles. The third-order valence-electron chi connectivity index (χ3n) is 7.68. The van der Waals surface area contributed by atoms with Gasteiger partial charge in [-0.25, -0.2) is 9.69 Å². The number of amides is 2. The van der Waals surface area contributed by atoms with Crippen LogP contribution in [0.25, 0.3) is 0 Å². The molecular weight excluding hydrogens is 490 g/mol. The molecule has 1 heterocycles. The SMILES string of the molecule is CC(C)[Si](O/C=C/[C@@H](C/C=C\C(=O)N1C(=O)OC[C@@H]1Cc1ccccc1)c1ccccc1)(C(C)C)C(C)C. The number of carbonyl (C=O) groups is 2. The lowest BCUT2D eigenvalue weighted by molar-refractivity contribution is -0.124. The first kappa shape index (κ1) is 29.4. The van der Waals surface area contributed by atoms with Gasteiger partial charge in [-0.2, -0.15) is 0 Å². The minimum absolute atomic E-state index is 0.0454. The van der Waals surface area contributed by atoms with E-state index in [-0.39, 0.29) is 24.5 Å². The number of rotatable bonds is 12. The fraction of sp³-hybridized carbons (Fsp3) is 0.438. The van der Waals surface area contributed by atoms with Gasteiger partial charge in [-0.15, -0.1) is 0 Å². The van der Waals surface area contributed by atoms with E-state index in [4.69, 9.17) is 9.16 Å². The van der Waals surface area contributed by atoms with E-state index in [2.05, 4.69) is 59.8 Å². The van der Waals surface area contributed by atoms with E-state index in [1.54, 1.807) is 0 Å². The highest BCUT2D eigenvalue weighted by molar-refractivity contribution is 6.77. The van der Waals surface area contributed by atoms with Gasteiger partial charge in [0.15, 0.2) is 0 Å². The summed E-state index contributed by atoms with van der Waals surface area (Å²) in [5.41, 5.74) is 3.69. The second-order valence-electron chi connectivity index (χ2n) is 11.0. The van der Waals surface area contributed by atoms with E-state index in [0.29, 0.717) is 29.5 Å². The third-order valence-corrected chi connectivity index (χ3v) is 13.6. The Hall–Kier alpha value is -3.12. The Bertz CT molecular complexity index is 1070. The molecule has 38 heavy (non-hydrogen) atoms. The summed E-state index contributed by atoms with van der Waals surface area (Å²) < 4.78 is 11.9. The summed E-state index contributed by atoms with van der Waals surface area (Å²) in [6.07, 6.45) is 7.99. The first-order valence-electron chi connectivity index (χ1n) is 13.8. The van der Waals surface area contributed by atoms with Gasteiger partial charge in [0.25, 0.3) is 14.2 Å². The first-order chi connectivity index (χ1) is 18.2. The molecule has 1 fully saturated rings. The Morgan fingerprint density at radius 2 is 1.55 bits per heavy atom. The molecule has 2 amide bonds. The number of nitrogens with zero attached hydrogens (tertiary/aromatic N) is 1. The Morgan fingerprint density at radius 3 is 2.13 bits per heavy atom. The smallest absolute Gasteiger partial charge is 0.417 e. The molecule has 1 saturated heterocycles. The molecule has 0 saturated carbocycles. The summed E-state index contributed by atoms with van der Waals surface area (Å²) in [5, 5.41) is 0. The lowest BCUT2D eigenvalue weighted by Gasteiger charge is -2.41. The Labute approximate surface area is 229 Å². The van der Waals surface area contributed by atoms with Crippen molar-refractivity contribution >= 4 is 20.3 Å². The molecule has 3 rings (SSSR count). The average Bonchev–Trinajstić information content (AvgIpc) is 3.25. The van der Waals surface area contributed by atoms with E-state index in [9.17, 15) is 9.59 Å². The van der Waals surface area contributed by atoms with Gasteiger partial charge < -0.3 is 9.16 Å². The molecule has 0 aromatic heterocycles. The van der Waals surface area contributed by atoms with E-state index in [0.717, 1.165) is 11.1 Å². The van der Waals surface area contributed by atoms with Crippen LogP contribution in [0.2, 0.25) is 16.6 Å². The van der Waals surface area contributed by atoms with Crippen molar-refractivity contribution in [1.29, 1.82) is 0 Å². The van der Waals surface area contributed by atoms with Crippen LogP contribution in [0, 0.1) is 0 Å². The van der Waals surface area contributed by atoms with Crippen LogP contribution in [-0.4, -0.2) is 37.9 Å². The molecule has 6 heteroatoms. The highest BCUT2D eigenvalue weighted by atomic mass is 28.4. The molecule has 1 aliphatic heterocycles. The monoisotopic (exact) mass is 533 g/mol. The first-order valence-corrected chi connectivity index (χ1v) is 15.9. The predicted molar refractivity (Wildman–Crippen MR) is 156 cm³/mol. The lowest BCUT2D eigenvalue weighted by atomic mass is 9.95. The van der Waals surface area contributed by atoms with E-state index < -0.39 is 14.4 Å². The summed E-state index contributed by atoms with van der Waals surface area (Å²) in [6.45, 7) is 13.9. The highest BCUT2D eigenvalue weighted by Crippen LogP contribution is 2.42. The molecule has 0 spiro atoms. The van der Waals surface area contributed by atoms with Crippen molar-refractivity contribution in [2.45, 2.75) is 83.0 Å². The second-order valence-corrected chi connectivity index (χ2v) is 16.5. The fourth-order valence-electron chi connectivity index (χ4n) is 5.85. The van der Waals surface area contributed by atoms with E-state index >= 15 is 0 Å². The Balaban J connectivity index is 1.73. The highest BCUT2D eigenvalue weighted by Gasteiger charge is 2.46. The number of allylic oxidation sites excluding steroid dienone is 2. The largest absolute Gasteiger partial charge is 0.548 e. The molecule has 0 radical (unpaired) electrons. The Morgan fingerprint density at radius 1 is 0.974 bits per heavy atom. The molecule has 5 nitrogen and oxygen atoms in total. The van der Waals surface area contributed by atoms with Crippen LogP contribution >= 0.6 is 0 Å². The van der Waals surface area contributed by atoms with Gasteiger partial charge >= 0.3 is 6.09 Å². The molecule has 2 aromatic carbocycles. The van der Waals surface area contributed by atoms with Gasteiger partial charge in [0.2, 0.25) is 0 Å². The van der Waals surface area contributed by atoms with E-state index in [1.165, 1.54) is 11.0 Å². The third kappa shape index (κ3) is 7.04. The van der Waals surface area contributed by atoms with Crippen molar-refractivity contribution in [1.82, 2.24) is 4.90 Å². The van der Waals surface area contributed by atoms with Crippen LogP contribution in [0.3, 0.4) is 0 Å². The van der Waals surface area contributed by atoms with Gasteiger partial charge in [-0.05, 0) is 52.7 Å². The van der Waals surface area contributed by atoms with Crippen LogP contribution < -0.4 is 0 Å². The standard InChI is InChI=1S/C32H43NO4Si/c1-24(2)38(25(3)4,26(5)6)37-21-20-29(28-16-11-8-12-17-28)18-13-19-31(34)33-30(23-36-32(33)35)22-27-14-9-7-10-15-27/h7-17,19-21,24-26,29-30H,18,22-23H2,1-6H3/b19-13-,21-20+/t29-,30+/m1/s1. The summed E-state index contributed by atoms with van der Waals surface area (Å²) in [4.78, 5) is 26.6. The number of cyclic esters (lactones) is 1. The maximum atomic E-state index is 13.0. The molecule has 0 N–H and O–H groups in total. The summed E-state index contributed by atoms with van der Waals surface area (Å²) in [7, 11) is -2.03. The normalized spacial score (nSPS) is 17.2. The summed E-state index contributed by atoms with van der Waals surface area (Å²) in [6, 6.07) is 19.8. The van der Waals surface area contributed by atoms with Crippen molar-refractivity contribution in [3.05, 3.63) is 96.3 Å². The van der Waals surface area contributed by atoms with Crippen molar-refractivity contribution in [2.24, 2.45) is 0 Å². The quantitative estimate of drug-likeness (QED) is 0.157. The molecule has 0 unspecified atom stereocenters. The number of carbonyl (C=O) groups excluding carboxylic acids is 2. The molecular formula is C32H43NO4Si. The van der Waals surface area contributed by atoms with Gasteiger partial charge in [0.05, 0.1) is 12.3 Å². The van der Waals surface area contributed by atoms with Gasteiger partial charge in [-0.1, -0.05) is 108 Å². The average molecular weight is 534 g/mol. The number of benzene rings is 2. The minimum atomic E-state index is -2.03. The molecule has 2 aromatic rings. The van der Waals surface area contributed by atoms with Crippen molar-refractivity contribution in [3.8, 4) is 0 Å². The number of hydrogen-bond acceptors (Lipinski definition) is 4. The van der Waals surface area contributed by atoms with Gasteiger partial charge in [0.1, 0.15) is 6.61 Å².